The Bertz CT molecular complexity index is 723. The quantitative estimate of drug-likeness (QED) is 0.727. The van der Waals surface area contributed by atoms with Gasteiger partial charge in [-0.2, -0.15) is 0 Å². The summed E-state index contributed by atoms with van der Waals surface area (Å²) in [5.41, 5.74) is 1.30. The van der Waals surface area contributed by atoms with Crippen molar-refractivity contribution in [3.05, 3.63) is 53.6 Å². The molecule has 0 bridgehead atoms. The van der Waals surface area contributed by atoms with E-state index in [2.05, 4.69) is 10.6 Å². The smallest absolute Gasteiger partial charge is 0.234 e. The van der Waals surface area contributed by atoms with Gasteiger partial charge in [-0.05, 0) is 43.3 Å². The monoisotopic (exact) mass is 378 g/mol. The third-order valence-corrected chi connectivity index (χ3v) is 4.24. The van der Waals surface area contributed by atoms with E-state index in [4.69, 9.17) is 16.3 Å². The van der Waals surface area contributed by atoms with Crippen molar-refractivity contribution in [3.8, 4) is 5.75 Å². The molecule has 25 heavy (non-hydrogen) atoms. The minimum absolute atomic E-state index is 0.171. The molecule has 2 aromatic carbocycles. The topological polar surface area (TPSA) is 67.4 Å². The Labute approximate surface area is 156 Å². The van der Waals surface area contributed by atoms with Gasteiger partial charge in [0.25, 0.3) is 0 Å². The number of rotatable bonds is 8. The van der Waals surface area contributed by atoms with Crippen molar-refractivity contribution >= 4 is 46.6 Å². The summed E-state index contributed by atoms with van der Waals surface area (Å²) in [5, 5.41) is 6.15. The summed E-state index contributed by atoms with van der Waals surface area (Å²) >= 11 is 7.03. The number of para-hydroxylation sites is 2. The Morgan fingerprint density at radius 3 is 2.32 bits per heavy atom. The lowest BCUT2D eigenvalue weighted by molar-refractivity contribution is -0.114. The Kier molecular flexibility index (Phi) is 7.63. The number of thioether (sulfide) groups is 1. The number of amides is 2. The van der Waals surface area contributed by atoms with E-state index in [-0.39, 0.29) is 23.3 Å². The van der Waals surface area contributed by atoms with Crippen molar-refractivity contribution in [2.24, 2.45) is 0 Å². The van der Waals surface area contributed by atoms with Gasteiger partial charge >= 0.3 is 0 Å². The molecule has 5 nitrogen and oxygen atoms in total. The molecule has 0 saturated heterocycles. The molecule has 0 aliphatic rings. The van der Waals surface area contributed by atoms with E-state index < -0.39 is 0 Å². The van der Waals surface area contributed by atoms with Crippen LogP contribution in [0, 0.1) is 0 Å². The van der Waals surface area contributed by atoms with Gasteiger partial charge in [0.1, 0.15) is 5.75 Å². The van der Waals surface area contributed by atoms with Crippen LogP contribution in [0.1, 0.15) is 6.92 Å². The highest BCUT2D eigenvalue weighted by Crippen LogP contribution is 2.23. The molecule has 2 amide bonds. The van der Waals surface area contributed by atoms with E-state index in [1.807, 2.05) is 19.1 Å². The second-order valence-electron chi connectivity index (χ2n) is 5.03. The molecule has 0 aliphatic heterocycles. The molecule has 0 spiro atoms. The van der Waals surface area contributed by atoms with Crippen molar-refractivity contribution in [3.63, 3.8) is 0 Å². The molecule has 0 heterocycles. The maximum absolute atomic E-state index is 12.0. The number of hydrogen-bond acceptors (Lipinski definition) is 4. The molecule has 2 N–H and O–H groups in total. The molecule has 0 atom stereocenters. The first-order valence-electron chi connectivity index (χ1n) is 7.73. The highest BCUT2D eigenvalue weighted by molar-refractivity contribution is 8.00. The lowest BCUT2D eigenvalue weighted by atomic mass is 10.3. The fourth-order valence-corrected chi connectivity index (χ4v) is 2.75. The number of benzene rings is 2. The normalized spacial score (nSPS) is 10.2. The summed E-state index contributed by atoms with van der Waals surface area (Å²) in [6.07, 6.45) is 0. The Hall–Kier alpha value is -2.18. The molecule has 0 aromatic heterocycles. The second kappa shape index (κ2) is 9.96. The van der Waals surface area contributed by atoms with Gasteiger partial charge in [-0.25, -0.2) is 0 Å². The second-order valence-corrected chi connectivity index (χ2v) is 6.45. The number of carbonyl (C=O) groups excluding carboxylic acids is 2. The van der Waals surface area contributed by atoms with E-state index in [1.165, 1.54) is 11.8 Å². The van der Waals surface area contributed by atoms with Crippen LogP contribution >= 0.6 is 23.4 Å². The molecule has 0 unspecified atom stereocenters. The maximum atomic E-state index is 12.0. The first-order valence-corrected chi connectivity index (χ1v) is 9.26. The minimum atomic E-state index is -0.184. The van der Waals surface area contributed by atoms with Crippen molar-refractivity contribution in [2.45, 2.75) is 6.92 Å². The number of ether oxygens (including phenoxy) is 1. The predicted octanol–water partition coefficient (Wildman–Crippen LogP) is 4.05. The average molecular weight is 379 g/mol. The summed E-state index contributed by atoms with van der Waals surface area (Å²) in [4.78, 5) is 23.9. The van der Waals surface area contributed by atoms with E-state index in [9.17, 15) is 9.59 Å². The highest BCUT2D eigenvalue weighted by atomic mass is 35.5. The van der Waals surface area contributed by atoms with Crippen LogP contribution in [0.2, 0.25) is 5.02 Å². The highest BCUT2D eigenvalue weighted by Gasteiger charge is 2.09. The zero-order valence-electron chi connectivity index (χ0n) is 13.8. The van der Waals surface area contributed by atoms with Crippen molar-refractivity contribution in [1.29, 1.82) is 0 Å². The van der Waals surface area contributed by atoms with Gasteiger partial charge in [-0.3, -0.25) is 9.59 Å². The molecule has 2 rings (SSSR count). The van der Waals surface area contributed by atoms with Gasteiger partial charge in [0.05, 0.1) is 23.8 Å². The van der Waals surface area contributed by atoms with Crippen LogP contribution in [0.25, 0.3) is 0 Å². The van der Waals surface area contributed by atoms with Gasteiger partial charge < -0.3 is 15.4 Å². The number of hydrogen-bond donors (Lipinski definition) is 2. The van der Waals surface area contributed by atoms with Gasteiger partial charge in [-0.1, -0.05) is 23.7 Å². The van der Waals surface area contributed by atoms with E-state index >= 15 is 0 Å². The molecule has 132 valence electrons. The fourth-order valence-electron chi connectivity index (χ4n) is 2.00. The first-order chi connectivity index (χ1) is 12.1. The fraction of sp³-hybridized carbons (Fsp3) is 0.222. The van der Waals surface area contributed by atoms with Crippen LogP contribution in [0.15, 0.2) is 48.5 Å². The molecular formula is C18H19ClN2O3S. The first kappa shape index (κ1) is 19.1. The van der Waals surface area contributed by atoms with Gasteiger partial charge in [0.15, 0.2) is 0 Å². The zero-order valence-corrected chi connectivity index (χ0v) is 15.3. The van der Waals surface area contributed by atoms with Crippen LogP contribution in [-0.4, -0.2) is 29.9 Å². The summed E-state index contributed by atoms with van der Waals surface area (Å²) in [7, 11) is 0. The zero-order chi connectivity index (χ0) is 18.1. The van der Waals surface area contributed by atoms with Crippen LogP contribution in [-0.2, 0) is 9.59 Å². The molecular weight excluding hydrogens is 360 g/mol. The van der Waals surface area contributed by atoms with Crippen LogP contribution < -0.4 is 15.4 Å². The largest absolute Gasteiger partial charge is 0.492 e. The Morgan fingerprint density at radius 2 is 1.64 bits per heavy atom. The lowest BCUT2D eigenvalue weighted by Crippen LogP contribution is -2.18. The van der Waals surface area contributed by atoms with E-state index in [1.54, 1.807) is 36.4 Å². The molecule has 2 aromatic rings. The number of nitrogens with one attached hydrogen (secondary N) is 2. The Morgan fingerprint density at radius 1 is 1.00 bits per heavy atom. The standard InChI is InChI=1S/C18H19ClN2O3S/c1-2-24-16-6-4-3-5-15(16)21-18(23)12-25-11-17(22)20-14-9-7-13(19)8-10-14/h3-10H,2,11-12H2,1H3,(H,20,22)(H,21,23). The summed E-state index contributed by atoms with van der Waals surface area (Å²) in [6.45, 7) is 2.40. The van der Waals surface area contributed by atoms with E-state index in [0.29, 0.717) is 28.8 Å². The third kappa shape index (κ3) is 6.68. The Balaban J connectivity index is 1.75. The summed E-state index contributed by atoms with van der Waals surface area (Å²) in [5.74, 6) is 0.632. The van der Waals surface area contributed by atoms with Crippen molar-refractivity contribution < 1.29 is 14.3 Å². The SMILES string of the molecule is CCOc1ccccc1NC(=O)CSCC(=O)Nc1ccc(Cl)cc1. The van der Waals surface area contributed by atoms with Gasteiger partial charge in [-0.15, -0.1) is 11.8 Å². The lowest BCUT2D eigenvalue weighted by Gasteiger charge is -2.11. The molecule has 0 aliphatic carbocycles. The molecule has 0 saturated carbocycles. The minimum Gasteiger partial charge on any atom is -0.492 e. The van der Waals surface area contributed by atoms with Crippen molar-refractivity contribution in [2.75, 3.05) is 28.7 Å². The van der Waals surface area contributed by atoms with Crippen LogP contribution in [0.5, 0.6) is 5.75 Å². The maximum Gasteiger partial charge on any atom is 0.234 e. The van der Waals surface area contributed by atoms with Crippen LogP contribution in [0.3, 0.4) is 0 Å². The van der Waals surface area contributed by atoms with Crippen molar-refractivity contribution in [1.82, 2.24) is 0 Å². The van der Waals surface area contributed by atoms with Gasteiger partial charge in [0, 0.05) is 10.7 Å². The molecule has 0 radical (unpaired) electrons. The summed E-state index contributed by atoms with van der Waals surface area (Å²) < 4.78 is 5.46. The van der Waals surface area contributed by atoms with E-state index in [0.717, 1.165) is 0 Å². The number of anilines is 2. The van der Waals surface area contributed by atoms with Gasteiger partial charge in [0.2, 0.25) is 11.8 Å². The molecule has 7 heteroatoms. The van der Waals surface area contributed by atoms with Crippen LogP contribution in [0.4, 0.5) is 11.4 Å². The predicted molar refractivity (Wildman–Crippen MR) is 104 cm³/mol. The number of halogens is 1. The molecule has 0 fully saturated rings. The number of carbonyl (C=O) groups is 2. The third-order valence-electron chi connectivity index (χ3n) is 3.06. The summed E-state index contributed by atoms with van der Waals surface area (Å²) in [6, 6.07) is 14.1. The average Bonchev–Trinajstić information content (AvgIpc) is 2.59.